The first-order valence-corrected chi connectivity index (χ1v) is 9.63. The van der Waals surface area contributed by atoms with E-state index in [2.05, 4.69) is 25.9 Å². The summed E-state index contributed by atoms with van der Waals surface area (Å²) in [6.45, 7) is 6.26. The van der Waals surface area contributed by atoms with Gasteiger partial charge in [0, 0.05) is 32.2 Å². The molecular formula is C19H28N6O5. The van der Waals surface area contributed by atoms with Crippen LogP contribution in [0.25, 0.3) is 0 Å². The van der Waals surface area contributed by atoms with Crippen LogP contribution in [0.2, 0.25) is 0 Å². The molecule has 11 heteroatoms. The minimum atomic E-state index is -0.474. The number of hydrogen-bond donors (Lipinski definition) is 3. The molecule has 11 nitrogen and oxygen atoms in total. The highest BCUT2D eigenvalue weighted by Crippen LogP contribution is 2.30. The molecule has 3 heterocycles. The highest BCUT2D eigenvalue weighted by atomic mass is 16.6. The lowest BCUT2D eigenvalue weighted by atomic mass is 10.1. The third kappa shape index (κ3) is 5.57. The summed E-state index contributed by atoms with van der Waals surface area (Å²) in [5.41, 5.74) is 1.37. The summed E-state index contributed by atoms with van der Waals surface area (Å²) in [6, 6.07) is 3.36. The van der Waals surface area contributed by atoms with Crippen LogP contribution in [-0.2, 0) is 27.9 Å². The van der Waals surface area contributed by atoms with Crippen LogP contribution >= 0.6 is 0 Å². The second kappa shape index (κ2) is 8.84. The van der Waals surface area contributed by atoms with Crippen molar-refractivity contribution in [3.05, 3.63) is 29.2 Å². The molecule has 3 rings (SSSR count). The van der Waals surface area contributed by atoms with Crippen LogP contribution in [0.3, 0.4) is 0 Å². The Kier molecular flexibility index (Phi) is 6.42. The largest absolute Gasteiger partial charge is 0.444 e. The zero-order valence-corrected chi connectivity index (χ0v) is 17.8. The molecule has 0 unspecified atom stereocenters. The Morgan fingerprint density at radius 2 is 2.13 bits per heavy atom. The number of anilines is 1. The quantitative estimate of drug-likeness (QED) is 0.650. The molecule has 2 amide bonds. The Bertz CT molecular complexity index is 900. The van der Waals surface area contributed by atoms with Crippen molar-refractivity contribution in [1.29, 1.82) is 0 Å². The Morgan fingerprint density at radius 1 is 1.37 bits per heavy atom. The molecule has 1 aliphatic heterocycles. The van der Waals surface area contributed by atoms with Crippen molar-refractivity contribution in [2.45, 2.75) is 51.5 Å². The molecule has 1 saturated heterocycles. The zero-order valence-electron chi connectivity index (χ0n) is 17.8. The smallest absolute Gasteiger partial charge is 0.407 e. The van der Waals surface area contributed by atoms with Crippen molar-refractivity contribution in [1.82, 2.24) is 25.3 Å². The van der Waals surface area contributed by atoms with Crippen molar-refractivity contribution in [2.24, 2.45) is 7.05 Å². The second-order valence-corrected chi connectivity index (χ2v) is 8.20. The first kappa shape index (κ1) is 21.8. The van der Waals surface area contributed by atoms with Gasteiger partial charge in [-0.1, -0.05) is 0 Å². The van der Waals surface area contributed by atoms with Crippen LogP contribution in [0.5, 0.6) is 0 Å². The molecule has 0 aliphatic carbocycles. The van der Waals surface area contributed by atoms with Gasteiger partial charge in [0.15, 0.2) is 5.82 Å². The lowest BCUT2D eigenvalue weighted by Gasteiger charge is -2.21. The van der Waals surface area contributed by atoms with Gasteiger partial charge in [0.1, 0.15) is 17.9 Å². The van der Waals surface area contributed by atoms with E-state index >= 15 is 0 Å². The van der Waals surface area contributed by atoms with Gasteiger partial charge in [-0.2, -0.15) is 10.2 Å². The van der Waals surface area contributed by atoms with E-state index in [0.717, 1.165) is 0 Å². The van der Waals surface area contributed by atoms with Crippen LogP contribution < -0.4 is 10.6 Å². The average molecular weight is 420 g/mol. The molecule has 0 radical (unpaired) electrons. The number of carbonyl (C=O) groups is 2. The SMILES string of the molecule is COCc1cc(C(=O)Nc2cc([C@H]3C[C@@H](OC(=O)NC(C)(C)C)CO3)[nH]n2)n(C)n1. The average Bonchev–Trinajstić information content (AvgIpc) is 3.34. The van der Waals surface area contributed by atoms with Gasteiger partial charge in [-0.15, -0.1) is 0 Å². The lowest BCUT2D eigenvalue weighted by Crippen LogP contribution is -2.42. The number of carbonyl (C=O) groups excluding carboxylic acids is 2. The Labute approximate surface area is 174 Å². The molecule has 2 aromatic rings. The third-order valence-electron chi connectivity index (χ3n) is 4.35. The fraction of sp³-hybridized carbons (Fsp3) is 0.579. The number of aromatic amines is 1. The van der Waals surface area contributed by atoms with Crippen LogP contribution in [-0.4, -0.2) is 57.3 Å². The van der Waals surface area contributed by atoms with Gasteiger partial charge >= 0.3 is 6.09 Å². The molecular weight excluding hydrogens is 392 g/mol. The fourth-order valence-corrected chi connectivity index (χ4v) is 3.09. The number of aryl methyl sites for hydroxylation is 1. The lowest BCUT2D eigenvalue weighted by molar-refractivity contribution is 0.0661. The summed E-state index contributed by atoms with van der Waals surface area (Å²) >= 11 is 0. The van der Waals surface area contributed by atoms with E-state index in [4.69, 9.17) is 14.2 Å². The predicted molar refractivity (Wildman–Crippen MR) is 107 cm³/mol. The Morgan fingerprint density at radius 3 is 2.83 bits per heavy atom. The minimum absolute atomic E-state index is 0.292. The maximum absolute atomic E-state index is 12.5. The number of methoxy groups -OCH3 is 1. The van der Waals surface area contributed by atoms with Crippen molar-refractivity contribution in [3.63, 3.8) is 0 Å². The van der Waals surface area contributed by atoms with Gasteiger partial charge in [-0.3, -0.25) is 14.6 Å². The summed E-state index contributed by atoms with van der Waals surface area (Å²) < 4.78 is 17.6. The van der Waals surface area contributed by atoms with Crippen LogP contribution in [0, 0.1) is 0 Å². The van der Waals surface area contributed by atoms with Gasteiger partial charge in [-0.05, 0) is 26.8 Å². The van der Waals surface area contributed by atoms with E-state index in [9.17, 15) is 9.59 Å². The molecule has 0 spiro atoms. The standard InChI is InChI=1S/C19H28N6O5/c1-19(2,3)21-18(27)30-12-7-15(29-10-12)13-8-16(23-22-13)20-17(26)14-6-11(9-28-5)24-25(14)4/h6,8,12,15H,7,9-10H2,1-5H3,(H,21,27)(H2,20,22,23,26)/t12-,15-/m1/s1. The number of H-pyrrole nitrogens is 1. The number of nitrogens with one attached hydrogen (secondary N) is 3. The van der Waals surface area contributed by atoms with Crippen LogP contribution in [0.4, 0.5) is 10.6 Å². The first-order valence-electron chi connectivity index (χ1n) is 9.63. The van der Waals surface area contributed by atoms with E-state index in [0.29, 0.717) is 42.5 Å². The zero-order chi connectivity index (χ0) is 21.9. The summed E-state index contributed by atoms with van der Waals surface area (Å²) in [6.07, 6.45) is -0.638. The number of ether oxygens (including phenoxy) is 3. The molecule has 3 N–H and O–H groups in total. The van der Waals surface area contributed by atoms with E-state index < -0.39 is 6.09 Å². The number of nitrogens with zero attached hydrogens (tertiary/aromatic N) is 3. The molecule has 30 heavy (non-hydrogen) atoms. The maximum Gasteiger partial charge on any atom is 0.407 e. The number of amides is 2. The molecule has 1 fully saturated rings. The highest BCUT2D eigenvalue weighted by Gasteiger charge is 2.31. The number of aromatic nitrogens is 4. The molecule has 0 bridgehead atoms. The van der Waals surface area contributed by atoms with Crippen molar-refractivity contribution >= 4 is 17.8 Å². The third-order valence-corrected chi connectivity index (χ3v) is 4.35. The van der Waals surface area contributed by atoms with Gasteiger partial charge < -0.3 is 24.8 Å². The van der Waals surface area contributed by atoms with Crippen LogP contribution in [0.1, 0.15) is 55.2 Å². The molecule has 0 aromatic carbocycles. The van der Waals surface area contributed by atoms with Gasteiger partial charge in [-0.25, -0.2) is 4.79 Å². The molecule has 164 valence electrons. The normalized spacial score (nSPS) is 19.0. The molecule has 2 atom stereocenters. The van der Waals surface area contributed by atoms with Crippen molar-refractivity contribution < 1.29 is 23.8 Å². The van der Waals surface area contributed by atoms with E-state index in [1.54, 1.807) is 26.3 Å². The minimum Gasteiger partial charge on any atom is -0.444 e. The topological polar surface area (TPSA) is 132 Å². The number of rotatable bonds is 6. The molecule has 1 aliphatic rings. The van der Waals surface area contributed by atoms with E-state index in [1.165, 1.54) is 4.68 Å². The van der Waals surface area contributed by atoms with Crippen molar-refractivity contribution in [2.75, 3.05) is 19.0 Å². The molecule has 2 aromatic heterocycles. The Hall–Kier alpha value is -2.92. The monoisotopic (exact) mass is 420 g/mol. The van der Waals surface area contributed by atoms with Gasteiger partial charge in [0.2, 0.25) is 0 Å². The number of alkyl carbamates (subject to hydrolysis) is 1. The fourth-order valence-electron chi connectivity index (χ4n) is 3.09. The summed E-state index contributed by atoms with van der Waals surface area (Å²) in [7, 11) is 3.25. The van der Waals surface area contributed by atoms with Gasteiger partial charge in [0.05, 0.1) is 24.6 Å². The summed E-state index contributed by atoms with van der Waals surface area (Å²) in [5.74, 6) is 0.0285. The molecule has 0 saturated carbocycles. The number of hydrogen-bond acceptors (Lipinski definition) is 7. The maximum atomic E-state index is 12.5. The van der Waals surface area contributed by atoms with Gasteiger partial charge in [0.25, 0.3) is 5.91 Å². The first-order chi connectivity index (χ1) is 14.1. The van der Waals surface area contributed by atoms with Crippen LogP contribution in [0.15, 0.2) is 12.1 Å². The Balaban J connectivity index is 1.55. The predicted octanol–water partition coefficient (Wildman–Crippen LogP) is 1.90. The highest BCUT2D eigenvalue weighted by molar-refractivity contribution is 6.02. The summed E-state index contributed by atoms with van der Waals surface area (Å²) in [4.78, 5) is 24.4. The summed E-state index contributed by atoms with van der Waals surface area (Å²) in [5, 5.41) is 16.7. The van der Waals surface area contributed by atoms with Crippen molar-refractivity contribution in [3.8, 4) is 0 Å². The van der Waals surface area contributed by atoms with E-state index in [-0.39, 0.29) is 23.7 Å². The van der Waals surface area contributed by atoms with E-state index in [1.807, 2.05) is 20.8 Å². The second-order valence-electron chi connectivity index (χ2n) is 8.20.